The molecule has 0 aromatic heterocycles. The first-order valence-electron chi connectivity index (χ1n) is 6.87. The molecule has 0 aliphatic heterocycles. The number of hydrogen-bond acceptors (Lipinski definition) is 3. The van der Waals surface area contributed by atoms with E-state index < -0.39 is 5.41 Å². The Kier molecular flexibility index (Phi) is 4.32. The third-order valence-electron chi connectivity index (χ3n) is 3.08. The second-order valence-electron chi connectivity index (χ2n) is 5.86. The minimum absolute atomic E-state index is 0.0760. The minimum atomic E-state index is -0.424. The van der Waals surface area contributed by atoms with E-state index in [2.05, 4.69) is 0 Å². The van der Waals surface area contributed by atoms with E-state index in [1.807, 2.05) is 51.1 Å². The molecule has 3 heteroatoms. The number of rotatable bonds is 4. The van der Waals surface area contributed by atoms with E-state index in [0.29, 0.717) is 17.1 Å². The van der Waals surface area contributed by atoms with Gasteiger partial charge in [0.2, 0.25) is 0 Å². The van der Waals surface area contributed by atoms with Gasteiger partial charge >= 0.3 is 0 Å². The summed E-state index contributed by atoms with van der Waals surface area (Å²) < 4.78 is 11.1. The maximum atomic E-state index is 12.3. The van der Waals surface area contributed by atoms with Crippen molar-refractivity contribution in [2.45, 2.75) is 20.8 Å². The summed E-state index contributed by atoms with van der Waals surface area (Å²) in [6, 6.07) is 14.7. The van der Waals surface area contributed by atoms with Gasteiger partial charge in [-0.05, 0) is 30.3 Å². The Morgan fingerprint density at radius 3 is 2.19 bits per heavy atom. The van der Waals surface area contributed by atoms with Crippen molar-refractivity contribution in [2.75, 3.05) is 7.11 Å². The summed E-state index contributed by atoms with van der Waals surface area (Å²) in [6.07, 6.45) is 0. The first kappa shape index (κ1) is 15.1. The molecule has 0 atom stereocenters. The van der Waals surface area contributed by atoms with Crippen molar-refractivity contribution < 1.29 is 14.3 Å². The zero-order valence-corrected chi connectivity index (χ0v) is 12.8. The van der Waals surface area contributed by atoms with Crippen molar-refractivity contribution in [2.24, 2.45) is 5.41 Å². The monoisotopic (exact) mass is 284 g/mol. The number of carbonyl (C=O) groups excluding carboxylic acids is 1. The molecule has 2 aromatic rings. The maximum Gasteiger partial charge on any atom is 0.169 e. The normalized spacial score (nSPS) is 11.0. The van der Waals surface area contributed by atoms with Crippen LogP contribution in [0.4, 0.5) is 0 Å². The van der Waals surface area contributed by atoms with Crippen molar-refractivity contribution in [3.63, 3.8) is 0 Å². The van der Waals surface area contributed by atoms with E-state index >= 15 is 0 Å². The van der Waals surface area contributed by atoms with Gasteiger partial charge in [0.05, 0.1) is 7.11 Å². The van der Waals surface area contributed by atoms with Crippen molar-refractivity contribution in [3.8, 4) is 17.2 Å². The third kappa shape index (κ3) is 3.63. The summed E-state index contributed by atoms with van der Waals surface area (Å²) in [7, 11) is 1.57. The van der Waals surface area contributed by atoms with Gasteiger partial charge in [-0.15, -0.1) is 0 Å². The molecule has 2 rings (SSSR count). The predicted octanol–water partition coefficient (Wildman–Crippen LogP) is 4.72. The zero-order chi connectivity index (χ0) is 15.5. The topological polar surface area (TPSA) is 35.5 Å². The van der Waals surface area contributed by atoms with E-state index in [4.69, 9.17) is 9.47 Å². The fraction of sp³-hybridized carbons (Fsp3) is 0.278. The smallest absolute Gasteiger partial charge is 0.169 e. The number of carbonyl (C=O) groups is 1. The summed E-state index contributed by atoms with van der Waals surface area (Å²) in [6.45, 7) is 5.70. The molecule has 0 heterocycles. The maximum absolute atomic E-state index is 12.3. The molecule has 0 radical (unpaired) electrons. The number of benzene rings is 2. The molecule has 0 unspecified atom stereocenters. The molecule has 0 spiro atoms. The number of methoxy groups -OCH3 is 1. The van der Waals surface area contributed by atoms with Crippen LogP contribution in [0.25, 0.3) is 0 Å². The number of ketones is 1. The van der Waals surface area contributed by atoms with Crippen LogP contribution < -0.4 is 9.47 Å². The molecular formula is C18H20O3. The van der Waals surface area contributed by atoms with Gasteiger partial charge < -0.3 is 9.47 Å². The fourth-order valence-corrected chi connectivity index (χ4v) is 1.94. The highest BCUT2D eigenvalue weighted by atomic mass is 16.5. The number of hydrogen-bond donors (Lipinski definition) is 0. The third-order valence-corrected chi connectivity index (χ3v) is 3.08. The number of para-hydroxylation sites is 1. The van der Waals surface area contributed by atoms with Crippen molar-refractivity contribution >= 4 is 5.78 Å². The van der Waals surface area contributed by atoms with Gasteiger partial charge in [-0.2, -0.15) is 0 Å². The summed E-state index contributed by atoms with van der Waals surface area (Å²) in [5.41, 5.74) is 0.201. The summed E-state index contributed by atoms with van der Waals surface area (Å²) in [4.78, 5) is 12.3. The standard InChI is InChI=1S/C18H20O3/c1-18(2,3)17(19)13-10-11-15(16(12-13)20-4)21-14-8-6-5-7-9-14/h5-12H,1-4H3. The van der Waals surface area contributed by atoms with Gasteiger partial charge in [0.15, 0.2) is 17.3 Å². The molecule has 0 aliphatic carbocycles. The predicted molar refractivity (Wildman–Crippen MR) is 83.3 cm³/mol. The Labute approximate surface area is 125 Å². The van der Waals surface area contributed by atoms with Gasteiger partial charge in [-0.1, -0.05) is 39.0 Å². The molecule has 0 bridgehead atoms. The van der Waals surface area contributed by atoms with Gasteiger partial charge in [-0.25, -0.2) is 0 Å². The van der Waals surface area contributed by atoms with E-state index in [1.54, 1.807) is 25.3 Å². The molecule has 110 valence electrons. The van der Waals surface area contributed by atoms with Crippen LogP contribution in [0.3, 0.4) is 0 Å². The van der Waals surface area contributed by atoms with E-state index in [-0.39, 0.29) is 5.78 Å². The number of ether oxygens (including phenoxy) is 2. The quantitative estimate of drug-likeness (QED) is 0.762. The SMILES string of the molecule is COc1cc(C(=O)C(C)(C)C)ccc1Oc1ccccc1. The molecule has 0 aliphatic rings. The van der Waals surface area contributed by atoms with Crippen molar-refractivity contribution in [1.82, 2.24) is 0 Å². The summed E-state index contributed by atoms with van der Waals surface area (Å²) in [5.74, 6) is 1.95. The molecule has 2 aromatic carbocycles. The van der Waals surface area contributed by atoms with Gasteiger partial charge in [0, 0.05) is 11.0 Å². The molecule has 0 amide bonds. The Morgan fingerprint density at radius 2 is 1.62 bits per heavy atom. The molecular weight excluding hydrogens is 264 g/mol. The first-order chi connectivity index (χ1) is 9.91. The van der Waals surface area contributed by atoms with Gasteiger partial charge in [0.1, 0.15) is 5.75 Å². The van der Waals surface area contributed by atoms with Crippen molar-refractivity contribution in [3.05, 3.63) is 54.1 Å². The fourth-order valence-electron chi connectivity index (χ4n) is 1.94. The van der Waals surface area contributed by atoms with Crippen LogP contribution in [0.15, 0.2) is 48.5 Å². The highest BCUT2D eigenvalue weighted by Gasteiger charge is 2.24. The number of Topliss-reactive ketones (excluding diaryl/α,β-unsaturated/α-hetero) is 1. The average Bonchev–Trinajstić information content (AvgIpc) is 2.47. The lowest BCUT2D eigenvalue weighted by Crippen LogP contribution is -2.20. The van der Waals surface area contributed by atoms with Crippen LogP contribution in [0, 0.1) is 5.41 Å². The van der Waals surface area contributed by atoms with Crippen molar-refractivity contribution in [1.29, 1.82) is 0 Å². The summed E-state index contributed by atoms with van der Waals surface area (Å²) >= 11 is 0. The Bertz CT molecular complexity index is 625. The van der Waals surface area contributed by atoms with Crippen LogP contribution in [0.2, 0.25) is 0 Å². The highest BCUT2D eigenvalue weighted by Crippen LogP contribution is 2.33. The second-order valence-corrected chi connectivity index (χ2v) is 5.86. The lowest BCUT2D eigenvalue weighted by molar-refractivity contribution is 0.0858. The van der Waals surface area contributed by atoms with Crippen LogP contribution in [0.1, 0.15) is 31.1 Å². The molecule has 0 N–H and O–H groups in total. The first-order valence-corrected chi connectivity index (χ1v) is 6.87. The van der Waals surface area contributed by atoms with E-state index in [9.17, 15) is 4.79 Å². The lowest BCUT2D eigenvalue weighted by atomic mass is 9.86. The van der Waals surface area contributed by atoms with Crippen LogP contribution in [0.5, 0.6) is 17.2 Å². The molecule has 0 saturated carbocycles. The molecule has 21 heavy (non-hydrogen) atoms. The van der Waals surface area contributed by atoms with Gasteiger partial charge in [0.25, 0.3) is 0 Å². The van der Waals surface area contributed by atoms with Gasteiger partial charge in [-0.3, -0.25) is 4.79 Å². The zero-order valence-electron chi connectivity index (χ0n) is 12.8. The Morgan fingerprint density at radius 1 is 0.952 bits per heavy atom. The Balaban J connectivity index is 2.31. The van der Waals surface area contributed by atoms with Crippen LogP contribution in [-0.4, -0.2) is 12.9 Å². The second kappa shape index (κ2) is 6.00. The van der Waals surface area contributed by atoms with E-state index in [1.165, 1.54) is 0 Å². The lowest BCUT2D eigenvalue weighted by Gasteiger charge is -2.18. The molecule has 0 saturated heterocycles. The van der Waals surface area contributed by atoms with Crippen LogP contribution in [-0.2, 0) is 0 Å². The minimum Gasteiger partial charge on any atom is -0.493 e. The highest BCUT2D eigenvalue weighted by molar-refractivity contribution is 6.00. The van der Waals surface area contributed by atoms with Crippen LogP contribution >= 0.6 is 0 Å². The Hall–Kier alpha value is -2.29. The summed E-state index contributed by atoms with van der Waals surface area (Å²) in [5, 5.41) is 0. The molecule has 0 fully saturated rings. The van der Waals surface area contributed by atoms with E-state index in [0.717, 1.165) is 5.75 Å². The molecule has 3 nitrogen and oxygen atoms in total. The average molecular weight is 284 g/mol. The largest absolute Gasteiger partial charge is 0.493 e.